The van der Waals surface area contributed by atoms with Gasteiger partial charge in [-0.15, -0.1) is 0 Å². The van der Waals surface area contributed by atoms with Crippen molar-refractivity contribution in [1.82, 2.24) is 0 Å². The standard InChI is InChI=1S/C17H12O3/c1-19-17(18)11-6-5-10-7-12-9-20-15-4-2-3-13(16(12)15)14(10)8-11/h2-8H,9H2,1H3. The Balaban J connectivity index is 2.12. The number of ether oxygens (including phenoxy) is 2. The van der Waals surface area contributed by atoms with Crippen LogP contribution in [-0.4, -0.2) is 13.1 Å². The van der Waals surface area contributed by atoms with Gasteiger partial charge in [0.05, 0.1) is 12.7 Å². The lowest BCUT2D eigenvalue weighted by molar-refractivity contribution is 0.0601. The van der Waals surface area contributed by atoms with Crippen molar-refractivity contribution in [2.45, 2.75) is 6.61 Å². The van der Waals surface area contributed by atoms with Crippen LogP contribution in [0.15, 0.2) is 42.5 Å². The Labute approximate surface area is 115 Å². The molecule has 20 heavy (non-hydrogen) atoms. The minimum Gasteiger partial charge on any atom is -0.488 e. The average molecular weight is 264 g/mol. The highest BCUT2D eigenvalue weighted by molar-refractivity contribution is 6.13. The van der Waals surface area contributed by atoms with Crippen LogP contribution in [0.3, 0.4) is 0 Å². The first kappa shape index (κ1) is 11.3. The average Bonchev–Trinajstić information content (AvgIpc) is 2.91. The molecule has 0 aliphatic carbocycles. The van der Waals surface area contributed by atoms with Crippen molar-refractivity contribution in [3.8, 4) is 5.75 Å². The van der Waals surface area contributed by atoms with E-state index >= 15 is 0 Å². The maximum absolute atomic E-state index is 11.7. The first-order valence-corrected chi connectivity index (χ1v) is 6.47. The third-order valence-corrected chi connectivity index (χ3v) is 3.82. The second kappa shape index (κ2) is 3.97. The molecule has 0 unspecified atom stereocenters. The van der Waals surface area contributed by atoms with Crippen LogP contribution in [0.4, 0.5) is 0 Å². The lowest BCUT2D eigenvalue weighted by Gasteiger charge is -2.07. The second-order valence-electron chi connectivity index (χ2n) is 4.93. The summed E-state index contributed by atoms with van der Waals surface area (Å²) >= 11 is 0. The number of carbonyl (C=O) groups is 1. The number of carbonyl (C=O) groups excluding carboxylic acids is 1. The summed E-state index contributed by atoms with van der Waals surface area (Å²) in [6, 6.07) is 13.8. The molecular formula is C17H12O3. The van der Waals surface area contributed by atoms with Crippen molar-refractivity contribution in [3.63, 3.8) is 0 Å². The van der Waals surface area contributed by atoms with Gasteiger partial charge in [0.25, 0.3) is 0 Å². The smallest absolute Gasteiger partial charge is 0.337 e. The molecule has 3 nitrogen and oxygen atoms in total. The van der Waals surface area contributed by atoms with E-state index in [0.717, 1.165) is 27.3 Å². The number of hydrogen-bond donors (Lipinski definition) is 0. The summed E-state index contributed by atoms with van der Waals surface area (Å²) in [5.74, 6) is 0.606. The fourth-order valence-electron chi connectivity index (χ4n) is 2.90. The first-order chi connectivity index (χ1) is 9.78. The zero-order valence-electron chi connectivity index (χ0n) is 11.0. The van der Waals surface area contributed by atoms with E-state index in [2.05, 4.69) is 12.1 Å². The summed E-state index contributed by atoms with van der Waals surface area (Å²) in [6.45, 7) is 0.616. The number of rotatable bonds is 1. The molecule has 4 rings (SSSR count). The Morgan fingerprint density at radius 2 is 2.05 bits per heavy atom. The van der Waals surface area contributed by atoms with Gasteiger partial charge in [-0.3, -0.25) is 0 Å². The molecule has 1 aliphatic heterocycles. The van der Waals surface area contributed by atoms with Crippen molar-refractivity contribution in [2.24, 2.45) is 0 Å². The molecule has 0 amide bonds. The third kappa shape index (κ3) is 1.43. The number of fused-ring (bicyclic) bond motifs is 2. The predicted molar refractivity (Wildman–Crippen MR) is 77.1 cm³/mol. The van der Waals surface area contributed by atoms with E-state index in [4.69, 9.17) is 9.47 Å². The van der Waals surface area contributed by atoms with E-state index < -0.39 is 0 Å². The van der Waals surface area contributed by atoms with Gasteiger partial charge in [0.15, 0.2) is 0 Å². The minimum absolute atomic E-state index is 0.314. The Hall–Kier alpha value is -2.55. The number of benzene rings is 3. The van der Waals surface area contributed by atoms with E-state index in [0.29, 0.717) is 12.2 Å². The van der Waals surface area contributed by atoms with Crippen LogP contribution in [0.5, 0.6) is 5.75 Å². The van der Waals surface area contributed by atoms with Crippen LogP contribution in [-0.2, 0) is 11.3 Å². The van der Waals surface area contributed by atoms with Crippen molar-refractivity contribution >= 4 is 27.5 Å². The van der Waals surface area contributed by atoms with Crippen molar-refractivity contribution in [3.05, 3.63) is 53.6 Å². The van der Waals surface area contributed by atoms with Crippen LogP contribution in [0, 0.1) is 0 Å². The highest BCUT2D eigenvalue weighted by Gasteiger charge is 2.18. The van der Waals surface area contributed by atoms with Crippen LogP contribution in [0.2, 0.25) is 0 Å². The van der Waals surface area contributed by atoms with Gasteiger partial charge in [-0.2, -0.15) is 0 Å². The van der Waals surface area contributed by atoms with Crippen LogP contribution >= 0.6 is 0 Å². The quantitative estimate of drug-likeness (QED) is 0.497. The minimum atomic E-state index is -0.314. The van der Waals surface area contributed by atoms with Gasteiger partial charge in [-0.25, -0.2) is 4.79 Å². The Morgan fingerprint density at radius 1 is 1.15 bits per heavy atom. The van der Waals surface area contributed by atoms with Crippen LogP contribution in [0.25, 0.3) is 21.5 Å². The Morgan fingerprint density at radius 3 is 2.90 bits per heavy atom. The Bertz CT molecular complexity index is 865. The normalized spacial score (nSPS) is 12.7. The highest BCUT2D eigenvalue weighted by Crippen LogP contribution is 2.39. The lowest BCUT2D eigenvalue weighted by Crippen LogP contribution is -2.00. The summed E-state index contributed by atoms with van der Waals surface area (Å²) in [7, 11) is 1.40. The van der Waals surface area contributed by atoms with Gasteiger partial charge < -0.3 is 9.47 Å². The summed E-state index contributed by atoms with van der Waals surface area (Å²) in [6.07, 6.45) is 0. The van der Waals surface area contributed by atoms with E-state index in [1.165, 1.54) is 12.7 Å². The summed E-state index contributed by atoms with van der Waals surface area (Å²) in [5, 5.41) is 4.45. The lowest BCUT2D eigenvalue weighted by atomic mass is 9.96. The third-order valence-electron chi connectivity index (χ3n) is 3.82. The van der Waals surface area contributed by atoms with Crippen LogP contribution in [0.1, 0.15) is 15.9 Å². The predicted octanol–water partition coefficient (Wildman–Crippen LogP) is 3.67. The first-order valence-electron chi connectivity index (χ1n) is 6.47. The maximum atomic E-state index is 11.7. The zero-order chi connectivity index (χ0) is 13.7. The van der Waals surface area contributed by atoms with Gasteiger partial charge >= 0.3 is 5.97 Å². The molecule has 0 fully saturated rings. The molecule has 0 aromatic heterocycles. The number of hydrogen-bond acceptors (Lipinski definition) is 3. The molecule has 1 aliphatic rings. The monoisotopic (exact) mass is 264 g/mol. The number of esters is 1. The van der Waals surface area contributed by atoms with E-state index in [1.807, 2.05) is 24.3 Å². The topological polar surface area (TPSA) is 35.5 Å². The van der Waals surface area contributed by atoms with Gasteiger partial charge in [0, 0.05) is 10.9 Å². The molecule has 0 saturated heterocycles. The van der Waals surface area contributed by atoms with E-state index in [-0.39, 0.29) is 5.97 Å². The van der Waals surface area contributed by atoms with Gasteiger partial charge in [0.2, 0.25) is 0 Å². The molecule has 0 bridgehead atoms. The molecule has 1 heterocycles. The molecule has 0 N–H and O–H groups in total. The molecule has 3 aromatic carbocycles. The van der Waals surface area contributed by atoms with Crippen molar-refractivity contribution in [2.75, 3.05) is 7.11 Å². The van der Waals surface area contributed by atoms with Crippen molar-refractivity contribution in [1.29, 1.82) is 0 Å². The molecule has 98 valence electrons. The van der Waals surface area contributed by atoms with Crippen LogP contribution < -0.4 is 4.74 Å². The van der Waals surface area contributed by atoms with Crippen molar-refractivity contribution < 1.29 is 14.3 Å². The van der Waals surface area contributed by atoms with E-state index in [9.17, 15) is 4.79 Å². The summed E-state index contributed by atoms with van der Waals surface area (Å²) < 4.78 is 10.5. The maximum Gasteiger partial charge on any atom is 0.337 e. The fraction of sp³-hybridized carbons (Fsp3) is 0.118. The second-order valence-corrected chi connectivity index (χ2v) is 4.93. The van der Waals surface area contributed by atoms with Gasteiger partial charge in [-0.1, -0.05) is 18.2 Å². The molecule has 0 spiro atoms. The highest BCUT2D eigenvalue weighted by atomic mass is 16.5. The van der Waals surface area contributed by atoms with Gasteiger partial charge in [0.1, 0.15) is 12.4 Å². The fourth-order valence-corrected chi connectivity index (χ4v) is 2.90. The molecule has 0 radical (unpaired) electrons. The summed E-state index contributed by atoms with van der Waals surface area (Å²) in [5.41, 5.74) is 1.77. The summed E-state index contributed by atoms with van der Waals surface area (Å²) in [4.78, 5) is 11.7. The largest absolute Gasteiger partial charge is 0.488 e. The molecule has 3 heteroatoms. The molecule has 0 saturated carbocycles. The molecule has 0 atom stereocenters. The molecular weight excluding hydrogens is 252 g/mol. The molecule has 3 aromatic rings. The SMILES string of the molecule is COC(=O)c1ccc2cc3c4c(cccc4c2c1)OC3. The van der Waals surface area contributed by atoms with Gasteiger partial charge in [-0.05, 0) is 40.4 Å². The number of methoxy groups -OCH3 is 1. The zero-order valence-corrected chi connectivity index (χ0v) is 11.0. The van der Waals surface area contributed by atoms with E-state index in [1.54, 1.807) is 6.07 Å². The Kier molecular flexibility index (Phi) is 2.24.